The highest BCUT2D eigenvalue weighted by Gasteiger charge is 2.12. The van der Waals surface area contributed by atoms with Crippen LogP contribution in [0.4, 0.5) is 0 Å². The third-order valence-electron chi connectivity index (χ3n) is 3.76. The Balaban J connectivity index is 0.00000200. The Morgan fingerprint density at radius 2 is 1.90 bits per heavy atom. The van der Waals surface area contributed by atoms with Gasteiger partial charge < -0.3 is 10.1 Å². The molecule has 0 atom stereocenters. The van der Waals surface area contributed by atoms with E-state index in [9.17, 15) is 0 Å². The van der Waals surface area contributed by atoms with E-state index in [1.807, 2.05) is 25.1 Å². The molecule has 1 fully saturated rings. The molecule has 0 bridgehead atoms. The predicted octanol–water partition coefficient (Wildman–Crippen LogP) is 4.97. The number of halogens is 2. The van der Waals surface area contributed by atoms with Gasteiger partial charge in [0.1, 0.15) is 5.75 Å². The summed E-state index contributed by atoms with van der Waals surface area (Å²) in [7, 11) is 0. The summed E-state index contributed by atoms with van der Waals surface area (Å²) in [6.45, 7) is 3.55. The monoisotopic (exact) mass is 317 g/mol. The predicted molar refractivity (Wildman–Crippen MR) is 88.2 cm³/mol. The van der Waals surface area contributed by atoms with E-state index in [0.717, 1.165) is 17.3 Å². The maximum absolute atomic E-state index is 6.08. The Morgan fingerprint density at radius 3 is 2.55 bits per heavy atom. The number of benzene rings is 1. The Kier molecular flexibility index (Phi) is 8.35. The zero-order valence-electron chi connectivity index (χ0n) is 12.2. The number of rotatable bonds is 5. The molecular formula is C16H25Cl2NO. The molecule has 1 aliphatic carbocycles. The lowest BCUT2D eigenvalue weighted by atomic mass is 10.1. The summed E-state index contributed by atoms with van der Waals surface area (Å²) in [5, 5.41) is 4.44. The van der Waals surface area contributed by atoms with E-state index in [-0.39, 0.29) is 12.4 Å². The van der Waals surface area contributed by atoms with E-state index >= 15 is 0 Å². The first-order chi connectivity index (χ1) is 9.29. The van der Waals surface area contributed by atoms with Crippen LogP contribution in [0.2, 0.25) is 5.02 Å². The molecule has 1 N–H and O–H groups in total. The van der Waals surface area contributed by atoms with Gasteiger partial charge in [-0.2, -0.15) is 0 Å². The molecule has 114 valence electrons. The first-order valence-electron chi connectivity index (χ1n) is 7.44. The molecule has 0 spiro atoms. The zero-order valence-corrected chi connectivity index (χ0v) is 13.7. The van der Waals surface area contributed by atoms with Crippen LogP contribution in [0.25, 0.3) is 0 Å². The second kappa shape index (κ2) is 9.49. The molecule has 0 amide bonds. The normalized spacial score (nSPS) is 16.3. The van der Waals surface area contributed by atoms with E-state index in [4.69, 9.17) is 16.3 Å². The minimum absolute atomic E-state index is 0. The van der Waals surface area contributed by atoms with Gasteiger partial charge in [0.25, 0.3) is 0 Å². The standard InChI is InChI=1S/C16H24ClNO.ClH/c1-2-19-16-10-9-14(17)11-13(16)12-18-15-7-5-3-4-6-8-15;/h9-11,15,18H,2-8,12H2,1H3;1H. The van der Waals surface area contributed by atoms with E-state index in [0.29, 0.717) is 12.6 Å². The highest BCUT2D eigenvalue weighted by molar-refractivity contribution is 6.30. The van der Waals surface area contributed by atoms with Crippen molar-refractivity contribution < 1.29 is 4.74 Å². The highest BCUT2D eigenvalue weighted by atomic mass is 35.5. The van der Waals surface area contributed by atoms with Gasteiger partial charge in [-0.15, -0.1) is 12.4 Å². The number of nitrogens with one attached hydrogen (secondary N) is 1. The first-order valence-corrected chi connectivity index (χ1v) is 7.82. The number of ether oxygens (including phenoxy) is 1. The second-order valence-corrected chi connectivity index (χ2v) is 5.69. The van der Waals surface area contributed by atoms with Crippen LogP contribution in [0.5, 0.6) is 5.75 Å². The lowest BCUT2D eigenvalue weighted by molar-refractivity contribution is 0.334. The summed E-state index contributed by atoms with van der Waals surface area (Å²) in [5.41, 5.74) is 1.17. The quantitative estimate of drug-likeness (QED) is 0.774. The molecule has 0 aliphatic heterocycles. The van der Waals surface area contributed by atoms with Crippen LogP contribution < -0.4 is 10.1 Å². The van der Waals surface area contributed by atoms with Crippen LogP contribution in [-0.4, -0.2) is 12.6 Å². The number of hydrogen-bond donors (Lipinski definition) is 1. The van der Waals surface area contributed by atoms with Crippen LogP contribution in [-0.2, 0) is 6.54 Å². The van der Waals surface area contributed by atoms with Crippen LogP contribution >= 0.6 is 24.0 Å². The van der Waals surface area contributed by atoms with Gasteiger partial charge in [-0.05, 0) is 38.0 Å². The van der Waals surface area contributed by atoms with Gasteiger partial charge in [0.15, 0.2) is 0 Å². The van der Waals surface area contributed by atoms with Crippen molar-refractivity contribution in [3.05, 3.63) is 28.8 Å². The third kappa shape index (κ3) is 5.51. The SMILES string of the molecule is CCOc1ccc(Cl)cc1CNC1CCCCCC1.Cl. The fraction of sp³-hybridized carbons (Fsp3) is 0.625. The Labute approximate surface area is 133 Å². The lowest BCUT2D eigenvalue weighted by Gasteiger charge is -2.18. The molecule has 4 heteroatoms. The summed E-state index contributed by atoms with van der Waals surface area (Å²) in [6, 6.07) is 6.52. The average molecular weight is 318 g/mol. The van der Waals surface area contributed by atoms with Gasteiger partial charge in [0, 0.05) is 23.2 Å². The molecule has 20 heavy (non-hydrogen) atoms. The third-order valence-corrected chi connectivity index (χ3v) is 3.99. The number of hydrogen-bond acceptors (Lipinski definition) is 2. The van der Waals surface area contributed by atoms with Crippen molar-refractivity contribution in [2.75, 3.05) is 6.61 Å². The topological polar surface area (TPSA) is 21.3 Å². The van der Waals surface area contributed by atoms with Gasteiger partial charge in [-0.3, -0.25) is 0 Å². The van der Waals surface area contributed by atoms with Gasteiger partial charge in [0.05, 0.1) is 6.61 Å². The van der Waals surface area contributed by atoms with E-state index in [2.05, 4.69) is 5.32 Å². The smallest absolute Gasteiger partial charge is 0.123 e. The Hall–Kier alpha value is -0.440. The molecule has 0 saturated heterocycles. The summed E-state index contributed by atoms with van der Waals surface area (Å²) >= 11 is 6.08. The van der Waals surface area contributed by atoms with Crippen LogP contribution in [0.15, 0.2) is 18.2 Å². The van der Waals surface area contributed by atoms with Gasteiger partial charge in [-0.1, -0.05) is 37.3 Å². The maximum Gasteiger partial charge on any atom is 0.123 e. The van der Waals surface area contributed by atoms with Gasteiger partial charge in [0.2, 0.25) is 0 Å². The van der Waals surface area contributed by atoms with Crippen molar-refractivity contribution >= 4 is 24.0 Å². The van der Waals surface area contributed by atoms with Crippen molar-refractivity contribution in [1.29, 1.82) is 0 Å². The highest BCUT2D eigenvalue weighted by Crippen LogP contribution is 2.24. The minimum atomic E-state index is 0. The van der Waals surface area contributed by atoms with Crippen molar-refractivity contribution in [2.24, 2.45) is 0 Å². The molecule has 1 saturated carbocycles. The molecule has 1 aromatic rings. The molecule has 1 aliphatic rings. The zero-order chi connectivity index (χ0) is 13.5. The molecule has 2 nitrogen and oxygen atoms in total. The Bertz CT molecular complexity index is 390. The van der Waals surface area contributed by atoms with E-state index in [1.165, 1.54) is 44.1 Å². The summed E-state index contributed by atoms with van der Waals surface area (Å²) in [6.07, 6.45) is 8.07. The van der Waals surface area contributed by atoms with Crippen molar-refractivity contribution in [3.63, 3.8) is 0 Å². The summed E-state index contributed by atoms with van der Waals surface area (Å²) in [4.78, 5) is 0. The molecule has 0 radical (unpaired) electrons. The first kappa shape index (κ1) is 17.6. The van der Waals surface area contributed by atoms with Gasteiger partial charge in [-0.25, -0.2) is 0 Å². The second-order valence-electron chi connectivity index (χ2n) is 5.25. The largest absolute Gasteiger partial charge is 0.494 e. The molecule has 0 aromatic heterocycles. The summed E-state index contributed by atoms with van der Waals surface area (Å²) < 4.78 is 5.66. The lowest BCUT2D eigenvalue weighted by Crippen LogP contribution is -2.28. The van der Waals surface area contributed by atoms with E-state index in [1.54, 1.807) is 0 Å². The molecule has 2 rings (SSSR count). The van der Waals surface area contributed by atoms with Gasteiger partial charge >= 0.3 is 0 Å². The maximum atomic E-state index is 6.08. The molecule has 0 heterocycles. The average Bonchev–Trinajstić information content (AvgIpc) is 2.68. The molecular weight excluding hydrogens is 293 g/mol. The summed E-state index contributed by atoms with van der Waals surface area (Å²) in [5.74, 6) is 0.952. The Morgan fingerprint density at radius 1 is 1.20 bits per heavy atom. The van der Waals surface area contributed by atoms with Crippen LogP contribution in [0.3, 0.4) is 0 Å². The van der Waals surface area contributed by atoms with Crippen molar-refractivity contribution in [2.45, 2.75) is 58.0 Å². The van der Waals surface area contributed by atoms with Crippen molar-refractivity contribution in [1.82, 2.24) is 5.32 Å². The fourth-order valence-electron chi connectivity index (χ4n) is 2.72. The van der Waals surface area contributed by atoms with E-state index < -0.39 is 0 Å². The van der Waals surface area contributed by atoms with Crippen LogP contribution in [0, 0.1) is 0 Å². The molecule has 1 aromatic carbocycles. The van der Waals surface area contributed by atoms with Crippen molar-refractivity contribution in [3.8, 4) is 5.75 Å². The van der Waals surface area contributed by atoms with Crippen LogP contribution in [0.1, 0.15) is 51.0 Å². The minimum Gasteiger partial charge on any atom is -0.494 e. The molecule has 0 unspecified atom stereocenters. The fourth-order valence-corrected chi connectivity index (χ4v) is 2.91.